The number of benzene rings is 3. The fourth-order valence-corrected chi connectivity index (χ4v) is 3.09. The molecule has 0 unspecified atom stereocenters. The fraction of sp³-hybridized carbons (Fsp3) is 0.0455. The van der Waals surface area contributed by atoms with Gasteiger partial charge in [-0.25, -0.2) is 9.78 Å². The van der Waals surface area contributed by atoms with Gasteiger partial charge in [0.2, 0.25) is 0 Å². The predicted octanol–water partition coefficient (Wildman–Crippen LogP) is 5.25. The molecule has 0 fully saturated rings. The van der Waals surface area contributed by atoms with Crippen molar-refractivity contribution in [3.8, 4) is 11.1 Å². The summed E-state index contributed by atoms with van der Waals surface area (Å²) in [6.45, 7) is 0. The number of fused-ring (bicyclic) bond motifs is 1. The second-order valence-corrected chi connectivity index (χ2v) is 6.70. The number of rotatable bonds is 3. The summed E-state index contributed by atoms with van der Waals surface area (Å²) in [6, 6.07) is 15.8. The van der Waals surface area contributed by atoms with Crippen molar-refractivity contribution in [1.29, 1.82) is 0 Å². The fourth-order valence-electron chi connectivity index (χ4n) is 3.09. The molecular weight excluding hydrogens is 409 g/mol. The van der Waals surface area contributed by atoms with Gasteiger partial charge in [0.25, 0.3) is 5.56 Å². The molecule has 0 bridgehead atoms. The van der Waals surface area contributed by atoms with E-state index in [0.29, 0.717) is 16.6 Å². The normalized spacial score (nSPS) is 11.3. The predicted molar refractivity (Wildman–Crippen MR) is 112 cm³/mol. The lowest BCUT2D eigenvalue weighted by Crippen LogP contribution is -2.19. The number of aromatic nitrogens is 2. The summed E-state index contributed by atoms with van der Waals surface area (Å²) < 4.78 is 38.5. The number of urea groups is 1. The number of aromatic amines is 1. The molecule has 0 spiro atoms. The first-order valence-corrected chi connectivity index (χ1v) is 9.13. The van der Waals surface area contributed by atoms with Crippen LogP contribution in [0.2, 0.25) is 0 Å². The number of halogens is 3. The number of amides is 2. The maximum Gasteiger partial charge on any atom is 0.416 e. The molecule has 6 nitrogen and oxygen atoms in total. The molecule has 0 saturated heterocycles. The monoisotopic (exact) mass is 424 g/mol. The number of anilines is 2. The second-order valence-electron chi connectivity index (χ2n) is 6.70. The van der Waals surface area contributed by atoms with Gasteiger partial charge in [0.15, 0.2) is 0 Å². The number of carbonyl (C=O) groups is 1. The van der Waals surface area contributed by atoms with Gasteiger partial charge in [0, 0.05) is 11.4 Å². The zero-order chi connectivity index (χ0) is 22.0. The Hall–Kier alpha value is -4.14. The van der Waals surface area contributed by atoms with Crippen LogP contribution in [0.5, 0.6) is 0 Å². The smallest absolute Gasteiger partial charge is 0.313 e. The first-order chi connectivity index (χ1) is 14.8. The number of hydrogen-bond donors (Lipinski definition) is 3. The third kappa shape index (κ3) is 4.55. The van der Waals surface area contributed by atoms with Gasteiger partial charge in [-0.15, -0.1) is 0 Å². The highest BCUT2D eigenvalue weighted by atomic mass is 19.4. The van der Waals surface area contributed by atoms with Crippen molar-refractivity contribution >= 4 is 28.3 Å². The molecule has 1 aromatic heterocycles. The summed E-state index contributed by atoms with van der Waals surface area (Å²) >= 11 is 0. The average Bonchev–Trinajstić information content (AvgIpc) is 2.73. The Morgan fingerprint density at radius 2 is 1.55 bits per heavy atom. The third-order valence-corrected chi connectivity index (χ3v) is 4.54. The van der Waals surface area contributed by atoms with Crippen LogP contribution < -0.4 is 16.2 Å². The Balaban J connectivity index is 1.53. The Kier molecular flexibility index (Phi) is 5.16. The van der Waals surface area contributed by atoms with Gasteiger partial charge in [-0.3, -0.25) is 4.79 Å². The van der Waals surface area contributed by atoms with Crippen LogP contribution in [0.4, 0.5) is 29.3 Å². The Morgan fingerprint density at radius 3 is 2.29 bits per heavy atom. The van der Waals surface area contributed by atoms with E-state index in [2.05, 4.69) is 20.6 Å². The molecule has 156 valence electrons. The minimum atomic E-state index is -4.50. The molecular formula is C22H15F3N4O2. The van der Waals surface area contributed by atoms with E-state index in [1.54, 1.807) is 36.4 Å². The van der Waals surface area contributed by atoms with Crippen molar-refractivity contribution in [3.05, 3.63) is 89.0 Å². The summed E-state index contributed by atoms with van der Waals surface area (Å²) in [5.74, 6) is 0. The number of carbonyl (C=O) groups excluding carboxylic acids is 1. The minimum absolute atomic E-state index is 0.0225. The van der Waals surface area contributed by atoms with Crippen LogP contribution in [0.25, 0.3) is 22.0 Å². The van der Waals surface area contributed by atoms with E-state index in [4.69, 9.17) is 0 Å². The van der Waals surface area contributed by atoms with Gasteiger partial charge in [-0.2, -0.15) is 13.2 Å². The van der Waals surface area contributed by atoms with Crippen molar-refractivity contribution in [2.75, 3.05) is 10.6 Å². The summed E-state index contributed by atoms with van der Waals surface area (Å²) in [5, 5.41) is 5.46. The van der Waals surface area contributed by atoms with Crippen LogP contribution >= 0.6 is 0 Å². The first kappa shape index (κ1) is 20.1. The largest absolute Gasteiger partial charge is 0.416 e. The maximum absolute atomic E-state index is 12.8. The number of nitrogens with one attached hydrogen (secondary N) is 3. The molecule has 2 amide bonds. The Morgan fingerprint density at radius 1 is 0.871 bits per heavy atom. The molecule has 0 radical (unpaired) electrons. The number of hydrogen-bond acceptors (Lipinski definition) is 3. The highest BCUT2D eigenvalue weighted by Gasteiger charge is 2.30. The van der Waals surface area contributed by atoms with Crippen LogP contribution in [0.3, 0.4) is 0 Å². The molecule has 0 aliphatic carbocycles. The van der Waals surface area contributed by atoms with Crippen molar-refractivity contribution in [1.82, 2.24) is 9.97 Å². The topological polar surface area (TPSA) is 86.9 Å². The number of alkyl halides is 3. The minimum Gasteiger partial charge on any atom is -0.313 e. The zero-order valence-corrected chi connectivity index (χ0v) is 15.8. The van der Waals surface area contributed by atoms with Crippen LogP contribution in [0.15, 0.2) is 77.9 Å². The molecule has 0 atom stereocenters. The number of H-pyrrole nitrogens is 1. The molecule has 0 aliphatic rings. The van der Waals surface area contributed by atoms with Crippen LogP contribution in [0, 0.1) is 0 Å². The van der Waals surface area contributed by atoms with Crippen molar-refractivity contribution in [2.24, 2.45) is 0 Å². The second kappa shape index (κ2) is 7.94. The molecule has 31 heavy (non-hydrogen) atoms. The molecule has 1 heterocycles. The standard InChI is InChI=1S/C22H15F3N4O2/c23-22(24,25)15-4-2-6-17(11-15)29-21(31)28-16-5-1-3-13(9-16)14-7-8-18-19(10-14)26-12-27-20(18)30/h1-12H,(H,26,27,30)(H2,28,29,31). The van der Waals surface area contributed by atoms with E-state index >= 15 is 0 Å². The van der Waals surface area contributed by atoms with E-state index in [9.17, 15) is 22.8 Å². The zero-order valence-electron chi connectivity index (χ0n) is 15.8. The Labute approximate surface area is 173 Å². The summed E-state index contributed by atoms with van der Waals surface area (Å²) in [6.07, 6.45) is -3.17. The highest BCUT2D eigenvalue weighted by molar-refractivity contribution is 6.00. The van der Waals surface area contributed by atoms with E-state index in [0.717, 1.165) is 23.3 Å². The summed E-state index contributed by atoms with van der Waals surface area (Å²) in [4.78, 5) is 30.7. The van der Waals surface area contributed by atoms with E-state index < -0.39 is 17.8 Å². The lowest BCUT2D eigenvalue weighted by Gasteiger charge is -2.11. The summed E-state index contributed by atoms with van der Waals surface area (Å²) in [7, 11) is 0. The molecule has 4 rings (SSSR count). The van der Waals surface area contributed by atoms with Gasteiger partial charge >= 0.3 is 12.2 Å². The average molecular weight is 424 g/mol. The molecule has 0 aliphatic heterocycles. The third-order valence-electron chi connectivity index (χ3n) is 4.54. The lowest BCUT2D eigenvalue weighted by molar-refractivity contribution is -0.137. The maximum atomic E-state index is 12.8. The Bertz CT molecular complexity index is 1330. The summed E-state index contributed by atoms with van der Waals surface area (Å²) in [5.41, 5.74) is 1.46. The van der Waals surface area contributed by atoms with E-state index in [1.165, 1.54) is 18.5 Å². The highest BCUT2D eigenvalue weighted by Crippen LogP contribution is 2.31. The molecule has 3 N–H and O–H groups in total. The van der Waals surface area contributed by atoms with E-state index in [-0.39, 0.29) is 11.2 Å². The lowest BCUT2D eigenvalue weighted by atomic mass is 10.0. The van der Waals surface area contributed by atoms with E-state index in [1.807, 2.05) is 6.07 Å². The quantitative estimate of drug-likeness (QED) is 0.420. The van der Waals surface area contributed by atoms with Crippen molar-refractivity contribution in [3.63, 3.8) is 0 Å². The number of nitrogens with zero attached hydrogens (tertiary/aromatic N) is 1. The SMILES string of the molecule is O=C(Nc1cccc(-c2ccc3c(=O)[nH]cnc3c2)c1)Nc1cccc(C(F)(F)F)c1. The molecule has 3 aromatic carbocycles. The van der Waals surface area contributed by atoms with Gasteiger partial charge < -0.3 is 15.6 Å². The van der Waals surface area contributed by atoms with Gasteiger partial charge in [0.1, 0.15) is 0 Å². The van der Waals surface area contributed by atoms with Crippen molar-refractivity contribution in [2.45, 2.75) is 6.18 Å². The van der Waals surface area contributed by atoms with Gasteiger partial charge in [0.05, 0.1) is 22.8 Å². The van der Waals surface area contributed by atoms with Crippen molar-refractivity contribution < 1.29 is 18.0 Å². The molecule has 4 aromatic rings. The molecule has 9 heteroatoms. The first-order valence-electron chi connectivity index (χ1n) is 9.13. The molecule has 0 saturated carbocycles. The van der Waals surface area contributed by atoms with Crippen LogP contribution in [0.1, 0.15) is 5.56 Å². The van der Waals surface area contributed by atoms with Crippen LogP contribution in [-0.4, -0.2) is 16.0 Å². The van der Waals surface area contributed by atoms with Gasteiger partial charge in [-0.1, -0.05) is 24.3 Å². The van der Waals surface area contributed by atoms with Crippen LogP contribution in [-0.2, 0) is 6.18 Å². The van der Waals surface area contributed by atoms with Gasteiger partial charge in [-0.05, 0) is 53.6 Å².